The first kappa shape index (κ1) is 16.4. The Labute approximate surface area is 131 Å². The average Bonchev–Trinajstić information content (AvgIpc) is 2.51. The lowest BCUT2D eigenvalue weighted by Crippen LogP contribution is -2.37. The Hall–Kier alpha value is -1.00. The second-order valence-electron chi connectivity index (χ2n) is 5.76. The molecule has 1 aliphatic carbocycles. The Balaban J connectivity index is 1.80. The number of nitrogens with one attached hydrogen (secondary N) is 1. The lowest BCUT2D eigenvalue weighted by Gasteiger charge is -2.26. The van der Waals surface area contributed by atoms with Gasteiger partial charge in [-0.15, -0.1) is 11.8 Å². The molecule has 0 aliphatic heterocycles. The summed E-state index contributed by atoms with van der Waals surface area (Å²) in [7, 11) is 0. The van der Waals surface area contributed by atoms with E-state index in [-0.39, 0.29) is 17.3 Å². The van der Waals surface area contributed by atoms with Crippen LogP contribution in [0.5, 0.6) is 0 Å². The maximum absolute atomic E-state index is 12.3. The Morgan fingerprint density at radius 1 is 1.38 bits per heavy atom. The zero-order valence-electron chi connectivity index (χ0n) is 12.6. The standard InChI is InChI=1S/C17H25NO2S/c1-2-16(21-15-9-4-3-5-10-15)17(20)18-12-13-7-6-8-14(19)11-13/h3-5,9-10,13-14,16,19H,2,6-8,11-12H2,1H3,(H,18,20). The molecule has 116 valence electrons. The van der Waals surface area contributed by atoms with Crippen LogP contribution in [0.2, 0.25) is 0 Å². The Morgan fingerprint density at radius 3 is 2.81 bits per heavy atom. The Morgan fingerprint density at radius 2 is 2.14 bits per heavy atom. The third-order valence-electron chi connectivity index (χ3n) is 4.00. The van der Waals surface area contributed by atoms with E-state index in [1.807, 2.05) is 37.3 Å². The fraction of sp³-hybridized carbons (Fsp3) is 0.588. The summed E-state index contributed by atoms with van der Waals surface area (Å²) in [4.78, 5) is 13.4. The normalized spacial score (nSPS) is 23.5. The van der Waals surface area contributed by atoms with Crippen LogP contribution in [0.3, 0.4) is 0 Å². The van der Waals surface area contributed by atoms with Gasteiger partial charge in [-0.2, -0.15) is 0 Å². The van der Waals surface area contributed by atoms with E-state index in [4.69, 9.17) is 0 Å². The van der Waals surface area contributed by atoms with Gasteiger partial charge in [-0.3, -0.25) is 4.79 Å². The molecule has 3 nitrogen and oxygen atoms in total. The van der Waals surface area contributed by atoms with E-state index in [1.54, 1.807) is 11.8 Å². The molecule has 1 aliphatic rings. The van der Waals surface area contributed by atoms with Crippen LogP contribution in [-0.2, 0) is 4.79 Å². The summed E-state index contributed by atoms with van der Waals surface area (Å²) in [5, 5.41) is 12.7. The molecule has 1 fully saturated rings. The molecule has 1 aromatic carbocycles. The van der Waals surface area contributed by atoms with Crippen molar-refractivity contribution >= 4 is 17.7 Å². The van der Waals surface area contributed by atoms with E-state index >= 15 is 0 Å². The smallest absolute Gasteiger partial charge is 0.233 e. The zero-order chi connectivity index (χ0) is 15.1. The van der Waals surface area contributed by atoms with Gasteiger partial charge in [0.25, 0.3) is 0 Å². The molecule has 3 atom stereocenters. The van der Waals surface area contributed by atoms with Crippen molar-refractivity contribution in [3.05, 3.63) is 30.3 Å². The van der Waals surface area contributed by atoms with Gasteiger partial charge in [0.1, 0.15) is 0 Å². The van der Waals surface area contributed by atoms with Gasteiger partial charge >= 0.3 is 0 Å². The molecule has 3 unspecified atom stereocenters. The molecule has 4 heteroatoms. The van der Waals surface area contributed by atoms with Gasteiger partial charge in [-0.25, -0.2) is 0 Å². The van der Waals surface area contributed by atoms with Crippen LogP contribution in [0, 0.1) is 5.92 Å². The fourth-order valence-corrected chi connectivity index (χ4v) is 3.79. The molecule has 0 aromatic heterocycles. The van der Waals surface area contributed by atoms with Gasteiger partial charge in [0.2, 0.25) is 5.91 Å². The van der Waals surface area contributed by atoms with Crippen LogP contribution in [0.25, 0.3) is 0 Å². The summed E-state index contributed by atoms with van der Waals surface area (Å²) < 4.78 is 0. The van der Waals surface area contributed by atoms with E-state index in [0.29, 0.717) is 12.5 Å². The predicted molar refractivity (Wildman–Crippen MR) is 87.4 cm³/mol. The number of rotatable bonds is 6. The molecule has 0 bridgehead atoms. The number of hydrogen-bond acceptors (Lipinski definition) is 3. The third-order valence-corrected chi connectivity index (χ3v) is 5.38. The summed E-state index contributed by atoms with van der Waals surface area (Å²) in [6.45, 7) is 2.74. The van der Waals surface area contributed by atoms with Gasteiger partial charge in [-0.1, -0.05) is 31.5 Å². The zero-order valence-corrected chi connectivity index (χ0v) is 13.4. The number of carbonyl (C=O) groups excluding carboxylic acids is 1. The van der Waals surface area contributed by atoms with Crippen molar-refractivity contribution in [2.45, 2.75) is 55.3 Å². The predicted octanol–water partition coefficient (Wildman–Crippen LogP) is 3.22. The molecule has 2 rings (SSSR count). The van der Waals surface area contributed by atoms with Crippen molar-refractivity contribution in [3.8, 4) is 0 Å². The SMILES string of the molecule is CCC(Sc1ccccc1)C(=O)NCC1CCCC(O)C1. The molecule has 1 aromatic rings. The largest absolute Gasteiger partial charge is 0.393 e. The molecule has 0 heterocycles. The van der Waals surface area contributed by atoms with Gasteiger partial charge in [-0.05, 0) is 43.7 Å². The lowest BCUT2D eigenvalue weighted by molar-refractivity contribution is -0.120. The van der Waals surface area contributed by atoms with Crippen molar-refractivity contribution < 1.29 is 9.90 Å². The molecule has 0 spiro atoms. The van der Waals surface area contributed by atoms with Gasteiger partial charge in [0.15, 0.2) is 0 Å². The maximum atomic E-state index is 12.3. The highest BCUT2D eigenvalue weighted by molar-refractivity contribution is 8.00. The van der Waals surface area contributed by atoms with E-state index in [9.17, 15) is 9.90 Å². The minimum absolute atomic E-state index is 0.0408. The van der Waals surface area contributed by atoms with Crippen LogP contribution in [0.4, 0.5) is 0 Å². The second-order valence-corrected chi connectivity index (χ2v) is 7.04. The first-order valence-electron chi connectivity index (χ1n) is 7.86. The first-order chi connectivity index (χ1) is 10.2. The summed E-state index contributed by atoms with van der Waals surface area (Å²) in [6, 6.07) is 10.1. The minimum atomic E-state index is -0.179. The van der Waals surface area contributed by atoms with Crippen molar-refractivity contribution in [2.75, 3.05) is 6.54 Å². The van der Waals surface area contributed by atoms with Crippen molar-refractivity contribution in [1.29, 1.82) is 0 Å². The summed E-state index contributed by atoms with van der Waals surface area (Å²) in [5.41, 5.74) is 0. The second kappa shape index (κ2) is 8.44. The molecule has 21 heavy (non-hydrogen) atoms. The topological polar surface area (TPSA) is 49.3 Å². The molecule has 1 saturated carbocycles. The summed E-state index contributed by atoms with van der Waals surface area (Å²) in [5.74, 6) is 0.545. The summed E-state index contributed by atoms with van der Waals surface area (Å²) >= 11 is 1.62. The fourth-order valence-electron chi connectivity index (χ4n) is 2.79. The van der Waals surface area contributed by atoms with Crippen molar-refractivity contribution in [3.63, 3.8) is 0 Å². The van der Waals surface area contributed by atoms with E-state index in [0.717, 1.165) is 37.0 Å². The number of aliphatic hydroxyl groups excluding tert-OH is 1. The van der Waals surface area contributed by atoms with Crippen molar-refractivity contribution in [2.24, 2.45) is 5.92 Å². The number of amides is 1. The molecule has 0 radical (unpaired) electrons. The van der Waals surface area contributed by atoms with Crippen molar-refractivity contribution in [1.82, 2.24) is 5.32 Å². The van der Waals surface area contributed by atoms with Gasteiger partial charge in [0.05, 0.1) is 11.4 Å². The average molecular weight is 307 g/mol. The quantitative estimate of drug-likeness (QED) is 0.793. The van der Waals surface area contributed by atoms with Gasteiger partial charge in [0, 0.05) is 11.4 Å². The molecule has 0 saturated heterocycles. The first-order valence-corrected chi connectivity index (χ1v) is 8.74. The monoisotopic (exact) mass is 307 g/mol. The van der Waals surface area contributed by atoms with Crippen LogP contribution in [0.15, 0.2) is 35.2 Å². The minimum Gasteiger partial charge on any atom is -0.393 e. The van der Waals surface area contributed by atoms with E-state index in [1.165, 1.54) is 0 Å². The number of thioether (sulfide) groups is 1. The van der Waals surface area contributed by atoms with Crippen LogP contribution >= 0.6 is 11.8 Å². The lowest BCUT2D eigenvalue weighted by atomic mass is 9.87. The Kier molecular flexibility index (Phi) is 6.58. The third kappa shape index (κ3) is 5.36. The summed E-state index contributed by atoms with van der Waals surface area (Å²) in [6.07, 6.45) is 4.55. The van der Waals surface area contributed by atoms with Crippen LogP contribution < -0.4 is 5.32 Å². The number of aliphatic hydroxyl groups is 1. The maximum Gasteiger partial charge on any atom is 0.233 e. The number of hydrogen-bond donors (Lipinski definition) is 2. The van der Waals surface area contributed by atoms with E-state index in [2.05, 4.69) is 5.32 Å². The highest BCUT2D eigenvalue weighted by Crippen LogP contribution is 2.26. The number of carbonyl (C=O) groups is 1. The molecule has 2 N–H and O–H groups in total. The molecule has 1 amide bonds. The van der Waals surface area contributed by atoms with Gasteiger partial charge < -0.3 is 10.4 Å². The highest BCUT2D eigenvalue weighted by atomic mass is 32.2. The Bertz CT molecular complexity index is 438. The molecular weight excluding hydrogens is 282 g/mol. The van der Waals surface area contributed by atoms with Crippen LogP contribution in [-0.4, -0.2) is 28.9 Å². The number of benzene rings is 1. The van der Waals surface area contributed by atoms with E-state index < -0.39 is 0 Å². The van der Waals surface area contributed by atoms with Crippen LogP contribution in [0.1, 0.15) is 39.0 Å². The highest BCUT2D eigenvalue weighted by Gasteiger charge is 2.22. The molecular formula is C17H25NO2S.